The molecule has 3 amide bonds. The highest BCUT2D eigenvalue weighted by Gasteiger charge is 2.21. The molecule has 0 aromatic heterocycles. The molecule has 0 saturated heterocycles. The Bertz CT molecular complexity index is 406. The van der Waals surface area contributed by atoms with Crippen molar-refractivity contribution in [2.24, 2.45) is 0 Å². The number of rotatable bonds is 15. The molecule has 25 heavy (non-hydrogen) atoms. The molecule has 0 rings (SSSR count). The van der Waals surface area contributed by atoms with Crippen molar-refractivity contribution >= 4 is 25.0 Å². The van der Waals surface area contributed by atoms with Crippen LogP contribution in [-0.4, -0.2) is 64.5 Å². The highest BCUT2D eigenvalue weighted by molar-refractivity contribution is 6.36. The fourth-order valence-electron chi connectivity index (χ4n) is 1.35. The first-order chi connectivity index (χ1) is 12.0. The van der Waals surface area contributed by atoms with Crippen LogP contribution in [0.15, 0.2) is 38.0 Å². The first-order valence-electron chi connectivity index (χ1n) is 7.59. The molecule has 0 radical (unpaired) electrons. The fourth-order valence-corrected chi connectivity index (χ4v) is 1.35. The highest BCUT2D eigenvalue weighted by Crippen LogP contribution is 1.92. The van der Waals surface area contributed by atoms with Crippen LogP contribution in [-0.2, 0) is 28.3 Å². The third-order valence-electron chi connectivity index (χ3n) is 2.52. The predicted octanol–water partition coefficient (Wildman–Crippen LogP) is -1.07. The van der Waals surface area contributed by atoms with Gasteiger partial charge in [-0.25, -0.2) is 0 Å². The Kier molecular flexibility index (Phi) is 13.7. The van der Waals surface area contributed by atoms with Crippen molar-refractivity contribution < 1.29 is 28.3 Å². The van der Waals surface area contributed by atoms with E-state index >= 15 is 0 Å². The SMILES string of the molecule is C=CC(=O)NCCOB(OCCNC(=O)C=C)OCCNC(=O)C=C. The molecule has 0 aliphatic heterocycles. The quantitative estimate of drug-likeness (QED) is 0.196. The van der Waals surface area contributed by atoms with Crippen LogP contribution in [0.2, 0.25) is 0 Å². The summed E-state index contributed by atoms with van der Waals surface area (Å²) < 4.78 is 16.0. The molecule has 0 fully saturated rings. The Morgan fingerprint density at radius 1 is 0.680 bits per heavy atom. The molecule has 0 unspecified atom stereocenters. The first kappa shape index (κ1) is 22.6. The number of nitrogens with one attached hydrogen (secondary N) is 3. The predicted molar refractivity (Wildman–Crippen MR) is 93.2 cm³/mol. The highest BCUT2D eigenvalue weighted by atomic mass is 16.7. The summed E-state index contributed by atoms with van der Waals surface area (Å²) in [5.74, 6) is -0.955. The van der Waals surface area contributed by atoms with Crippen molar-refractivity contribution in [1.82, 2.24) is 16.0 Å². The third-order valence-corrected chi connectivity index (χ3v) is 2.52. The molecular formula is C15H24BN3O6. The molecule has 0 saturated carbocycles. The van der Waals surface area contributed by atoms with Crippen LogP contribution in [0, 0.1) is 0 Å². The second-order valence-electron chi connectivity index (χ2n) is 4.39. The number of carbonyl (C=O) groups is 3. The van der Waals surface area contributed by atoms with E-state index < -0.39 is 7.32 Å². The van der Waals surface area contributed by atoms with Crippen LogP contribution in [0.1, 0.15) is 0 Å². The van der Waals surface area contributed by atoms with Crippen molar-refractivity contribution in [3.8, 4) is 0 Å². The lowest BCUT2D eigenvalue weighted by molar-refractivity contribution is -0.117. The van der Waals surface area contributed by atoms with Gasteiger partial charge < -0.3 is 29.9 Å². The second kappa shape index (κ2) is 15.1. The molecule has 0 heterocycles. The molecule has 0 aliphatic rings. The van der Waals surface area contributed by atoms with Crippen molar-refractivity contribution in [3.63, 3.8) is 0 Å². The van der Waals surface area contributed by atoms with Gasteiger partial charge in [-0.05, 0) is 18.2 Å². The van der Waals surface area contributed by atoms with E-state index in [4.69, 9.17) is 14.0 Å². The Balaban J connectivity index is 4.10. The van der Waals surface area contributed by atoms with Gasteiger partial charge >= 0.3 is 7.32 Å². The molecule has 0 aromatic carbocycles. The van der Waals surface area contributed by atoms with E-state index in [1.807, 2.05) is 0 Å². The minimum atomic E-state index is -1.01. The molecule has 0 aromatic rings. The summed E-state index contributed by atoms with van der Waals surface area (Å²) in [4.78, 5) is 33.1. The van der Waals surface area contributed by atoms with Crippen LogP contribution in [0.5, 0.6) is 0 Å². The first-order valence-corrected chi connectivity index (χ1v) is 7.59. The van der Waals surface area contributed by atoms with Gasteiger partial charge in [0.2, 0.25) is 17.7 Å². The van der Waals surface area contributed by atoms with E-state index in [9.17, 15) is 14.4 Å². The molecule has 0 atom stereocenters. The zero-order chi connectivity index (χ0) is 18.9. The maximum absolute atomic E-state index is 11.0. The van der Waals surface area contributed by atoms with Gasteiger partial charge in [-0.2, -0.15) is 0 Å². The van der Waals surface area contributed by atoms with Crippen LogP contribution >= 0.6 is 0 Å². The lowest BCUT2D eigenvalue weighted by Crippen LogP contribution is -2.37. The minimum absolute atomic E-state index is 0.141. The third kappa shape index (κ3) is 13.7. The molecule has 138 valence electrons. The summed E-state index contributed by atoms with van der Waals surface area (Å²) >= 11 is 0. The standard InChI is InChI=1S/C15H24BN3O6/c1-4-13(20)17-7-10-23-16(24-11-8-18-14(21)5-2)25-12-9-19-15(22)6-3/h4-6H,1-3,7-12H2,(H,17,20)(H,18,21)(H,19,22). The molecule has 0 aliphatic carbocycles. The van der Waals surface area contributed by atoms with Gasteiger partial charge in [0.25, 0.3) is 0 Å². The van der Waals surface area contributed by atoms with Crippen LogP contribution < -0.4 is 16.0 Å². The largest absolute Gasteiger partial charge is 0.639 e. The summed E-state index contributed by atoms with van der Waals surface area (Å²) in [6, 6.07) is 0. The van der Waals surface area contributed by atoms with E-state index in [1.54, 1.807) is 0 Å². The van der Waals surface area contributed by atoms with E-state index in [1.165, 1.54) is 0 Å². The maximum atomic E-state index is 11.0. The smallest absolute Gasteiger partial charge is 0.384 e. The summed E-state index contributed by atoms with van der Waals surface area (Å²) in [6.45, 7) is 11.2. The molecule has 10 heteroatoms. The Labute approximate surface area is 147 Å². The molecule has 0 spiro atoms. The Hall–Kier alpha value is -2.43. The number of amides is 3. The average molecular weight is 353 g/mol. The number of hydrogen-bond donors (Lipinski definition) is 3. The lowest BCUT2D eigenvalue weighted by atomic mass is 10.2. The minimum Gasteiger partial charge on any atom is -0.384 e. The van der Waals surface area contributed by atoms with Crippen LogP contribution in [0.3, 0.4) is 0 Å². The topological polar surface area (TPSA) is 115 Å². The summed E-state index contributed by atoms with van der Waals surface area (Å²) in [6.07, 6.45) is 3.44. The monoisotopic (exact) mass is 353 g/mol. The van der Waals surface area contributed by atoms with Gasteiger partial charge in [-0.3, -0.25) is 14.4 Å². The van der Waals surface area contributed by atoms with Crippen molar-refractivity contribution in [3.05, 3.63) is 38.0 Å². The molecule has 0 bridgehead atoms. The van der Waals surface area contributed by atoms with E-state index in [0.717, 1.165) is 18.2 Å². The fraction of sp³-hybridized carbons (Fsp3) is 0.400. The van der Waals surface area contributed by atoms with Gasteiger partial charge in [0.15, 0.2) is 0 Å². The van der Waals surface area contributed by atoms with E-state index in [2.05, 4.69) is 35.7 Å². The van der Waals surface area contributed by atoms with Gasteiger partial charge in [0.1, 0.15) is 0 Å². The Morgan fingerprint density at radius 3 is 1.20 bits per heavy atom. The number of carbonyl (C=O) groups excluding carboxylic acids is 3. The van der Waals surface area contributed by atoms with Crippen molar-refractivity contribution in [2.75, 3.05) is 39.5 Å². The van der Waals surface area contributed by atoms with Gasteiger partial charge in [-0.15, -0.1) is 0 Å². The summed E-state index contributed by atoms with van der Waals surface area (Å²) in [5.41, 5.74) is 0. The van der Waals surface area contributed by atoms with Gasteiger partial charge in [0, 0.05) is 19.6 Å². The molecule has 3 N–H and O–H groups in total. The van der Waals surface area contributed by atoms with Crippen molar-refractivity contribution in [1.29, 1.82) is 0 Å². The van der Waals surface area contributed by atoms with Gasteiger partial charge in [0.05, 0.1) is 19.8 Å². The normalized spacial score (nSPS) is 9.60. The summed E-state index contributed by atoms with van der Waals surface area (Å²) in [7, 11) is -1.01. The Morgan fingerprint density at radius 2 is 0.960 bits per heavy atom. The lowest BCUT2D eigenvalue weighted by Gasteiger charge is -2.15. The zero-order valence-electron chi connectivity index (χ0n) is 14.1. The number of hydrogen-bond acceptors (Lipinski definition) is 6. The van der Waals surface area contributed by atoms with Crippen molar-refractivity contribution in [2.45, 2.75) is 0 Å². The van der Waals surface area contributed by atoms with Crippen LogP contribution in [0.25, 0.3) is 0 Å². The second-order valence-corrected chi connectivity index (χ2v) is 4.39. The van der Waals surface area contributed by atoms with E-state index in [-0.39, 0.29) is 57.2 Å². The van der Waals surface area contributed by atoms with Crippen LogP contribution in [0.4, 0.5) is 0 Å². The van der Waals surface area contributed by atoms with E-state index in [0.29, 0.717) is 0 Å². The zero-order valence-corrected chi connectivity index (χ0v) is 14.1. The average Bonchev–Trinajstić information content (AvgIpc) is 2.63. The molecular weight excluding hydrogens is 329 g/mol. The summed E-state index contributed by atoms with van der Waals surface area (Å²) in [5, 5.41) is 7.61. The van der Waals surface area contributed by atoms with Gasteiger partial charge in [-0.1, -0.05) is 19.7 Å². The maximum Gasteiger partial charge on any atom is 0.639 e. The molecule has 9 nitrogen and oxygen atoms in total.